The molecule has 0 amide bonds. The van der Waals surface area contributed by atoms with E-state index >= 15 is 0 Å². The fourth-order valence-electron chi connectivity index (χ4n) is 0.992. The standard InChI is InChI=1S/C11H14ClNO2S/c1-11(2,10(14)15)6-16-9-7(12)4-3-5-8(9)13/h3-5H,6,13H2,1-2H3,(H,14,15). The highest BCUT2D eigenvalue weighted by atomic mass is 35.5. The molecule has 0 aliphatic carbocycles. The van der Waals surface area contributed by atoms with Crippen LogP contribution in [-0.2, 0) is 4.79 Å². The number of hydrogen-bond donors (Lipinski definition) is 2. The second kappa shape index (κ2) is 4.97. The number of nitrogens with two attached hydrogens (primary N) is 1. The highest BCUT2D eigenvalue weighted by Crippen LogP contribution is 2.36. The van der Waals surface area contributed by atoms with Gasteiger partial charge in [0.15, 0.2) is 0 Å². The Morgan fingerprint density at radius 3 is 2.69 bits per heavy atom. The van der Waals surface area contributed by atoms with Crippen LogP contribution in [0.3, 0.4) is 0 Å². The minimum atomic E-state index is -0.828. The van der Waals surface area contributed by atoms with Gasteiger partial charge in [-0.05, 0) is 26.0 Å². The molecule has 88 valence electrons. The number of carboxylic acids is 1. The van der Waals surface area contributed by atoms with E-state index in [1.165, 1.54) is 11.8 Å². The third kappa shape index (κ3) is 3.06. The summed E-state index contributed by atoms with van der Waals surface area (Å²) in [7, 11) is 0. The van der Waals surface area contributed by atoms with Crippen LogP contribution in [0.1, 0.15) is 13.8 Å². The van der Waals surface area contributed by atoms with Crippen LogP contribution in [0.4, 0.5) is 5.69 Å². The lowest BCUT2D eigenvalue weighted by Gasteiger charge is -2.19. The largest absolute Gasteiger partial charge is 0.481 e. The Bertz CT molecular complexity index is 387. The highest BCUT2D eigenvalue weighted by molar-refractivity contribution is 7.99. The van der Waals surface area contributed by atoms with E-state index in [-0.39, 0.29) is 0 Å². The van der Waals surface area contributed by atoms with Crippen molar-refractivity contribution in [3.05, 3.63) is 23.2 Å². The average molecular weight is 260 g/mol. The van der Waals surface area contributed by atoms with Gasteiger partial charge in [-0.25, -0.2) is 0 Å². The Balaban J connectivity index is 2.79. The van der Waals surface area contributed by atoms with Crippen LogP contribution in [0.15, 0.2) is 23.1 Å². The van der Waals surface area contributed by atoms with E-state index in [0.717, 1.165) is 4.90 Å². The van der Waals surface area contributed by atoms with Crippen molar-refractivity contribution in [2.45, 2.75) is 18.7 Å². The predicted molar refractivity (Wildman–Crippen MR) is 68.0 cm³/mol. The molecule has 1 rings (SSSR count). The van der Waals surface area contributed by atoms with Gasteiger partial charge in [-0.2, -0.15) is 0 Å². The number of hydrogen-bond acceptors (Lipinski definition) is 3. The third-order valence-corrected chi connectivity index (χ3v) is 4.19. The number of benzene rings is 1. The summed E-state index contributed by atoms with van der Waals surface area (Å²) in [5.74, 6) is -0.401. The molecular weight excluding hydrogens is 246 g/mol. The van der Waals surface area contributed by atoms with Crippen molar-refractivity contribution in [2.24, 2.45) is 5.41 Å². The van der Waals surface area contributed by atoms with Crippen molar-refractivity contribution in [1.82, 2.24) is 0 Å². The summed E-state index contributed by atoms with van der Waals surface area (Å²) >= 11 is 7.36. The van der Waals surface area contributed by atoms with Gasteiger partial charge in [0.05, 0.1) is 10.4 Å². The third-order valence-electron chi connectivity index (χ3n) is 2.15. The second-order valence-electron chi connectivity index (χ2n) is 4.14. The summed E-state index contributed by atoms with van der Waals surface area (Å²) in [4.78, 5) is 11.7. The second-order valence-corrected chi connectivity index (χ2v) is 5.53. The first kappa shape index (κ1) is 13.2. The van der Waals surface area contributed by atoms with Gasteiger partial charge in [0.2, 0.25) is 0 Å². The van der Waals surface area contributed by atoms with Crippen molar-refractivity contribution in [2.75, 3.05) is 11.5 Å². The molecule has 1 aromatic rings. The van der Waals surface area contributed by atoms with E-state index in [1.54, 1.807) is 32.0 Å². The SMILES string of the molecule is CC(C)(CSc1c(N)cccc1Cl)C(=O)O. The van der Waals surface area contributed by atoms with Gasteiger partial charge >= 0.3 is 5.97 Å². The quantitative estimate of drug-likeness (QED) is 0.644. The molecule has 0 saturated heterocycles. The molecule has 0 bridgehead atoms. The molecule has 0 heterocycles. The van der Waals surface area contributed by atoms with Crippen molar-refractivity contribution >= 4 is 35.0 Å². The molecule has 3 nitrogen and oxygen atoms in total. The van der Waals surface area contributed by atoms with Crippen LogP contribution in [0.5, 0.6) is 0 Å². The molecule has 16 heavy (non-hydrogen) atoms. The maximum Gasteiger partial charge on any atom is 0.309 e. The molecule has 0 unspecified atom stereocenters. The van der Waals surface area contributed by atoms with Crippen LogP contribution in [-0.4, -0.2) is 16.8 Å². The molecule has 0 aromatic heterocycles. The lowest BCUT2D eigenvalue weighted by Crippen LogP contribution is -2.26. The zero-order valence-electron chi connectivity index (χ0n) is 9.16. The van der Waals surface area contributed by atoms with Gasteiger partial charge < -0.3 is 10.8 Å². The number of carboxylic acid groups (broad SMARTS) is 1. The van der Waals surface area contributed by atoms with Gasteiger partial charge in [0.1, 0.15) is 0 Å². The van der Waals surface area contributed by atoms with Crippen molar-refractivity contribution in [1.29, 1.82) is 0 Å². The van der Waals surface area contributed by atoms with E-state index in [4.69, 9.17) is 22.4 Å². The van der Waals surface area contributed by atoms with Gasteiger partial charge in [0.25, 0.3) is 0 Å². The Morgan fingerprint density at radius 1 is 1.56 bits per heavy atom. The number of anilines is 1. The number of nitrogen functional groups attached to an aromatic ring is 1. The fourth-order valence-corrected chi connectivity index (χ4v) is 2.41. The van der Waals surface area contributed by atoms with Crippen LogP contribution in [0.25, 0.3) is 0 Å². The molecule has 5 heteroatoms. The minimum absolute atomic E-state index is 0.427. The molecule has 0 aliphatic heterocycles. The first-order chi connectivity index (χ1) is 7.34. The summed E-state index contributed by atoms with van der Waals surface area (Å²) < 4.78 is 0. The molecule has 0 spiro atoms. The Hall–Kier alpha value is -0.870. The van der Waals surface area contributed by atoms with Gasteiger partial charge in [-0.15, -0.1) is 11.8 Å². The van der Waals surface area contributed by atoms with Crippen LogP contribution in [0, 0.1) is 5.41 Å². The first-order valence-corrected chi connectivity index (χ1v) is 6.11. The molecule has 0 atom stereocenters. The van der Waals surface area contributed by atoms with E-state index in [2.05, 4.69) is 0 Å². The lowest BCUT2D eigenvalue weighted by atomic mass is 9.97. The van der Waals surface area contributed by atoms with E-state index in [0.29, 0.717) is 16.5 Å². The summed E-state index contributed by atoms with van der Waals surface area (Å²) in [5, 5.41) is 9.54. The predicted octanol–water partition coefficient (Wildman–Crippen LogP) is 3.13. The number of thioether (sulfide) groups is 1. The van der Waals surface area contributed by atoms with Crippen molar-refractivity contribution < 1.29 is 9.90 Å². The number of rotatable bonds is 4. The smallest absolute Gasteiger partial charge is 0.309 e. The van der Waals surface area contributed by atoms with Gasteiger partial charge in [-0.3, -0.25) is 4.79 Å². The first-order valence-electron chi connectivity index (χ1n) is 4.75. The Labute approximate surface area is 104 Å². The van der Waals surface area contributed by atoms with Crippen LogP contribution < -0.4 is 5.73 Å². The maximum atomic E-state index is 10.9. The molecule has 0 fully saturated rings. The fraction of sp³-hybridized carbons (Fsp3) is 0.364. The van der Waals surface area contributed by atoms with E-state index < -0.39 is 11.4 Å². The molecule has 0 aliphatic rings. The Kier molecular flexibility index (Phi) is 4.10. The summed E-state index contributed by atoms with van der Waals surface area (Å²) in [6.07, 6.45) is 0. The Morgan fingerprint density at radius 2 is 2.19 bits per heavy atom. The van der Waals surface area contributed by atoms with Crippen molar-refractivity contribution in [3.8, 4) is 0 Å². The monoisotopic (exact) mass is 259 g/mol. The summed E-state index contributed by atoms with van der Waals surface area (Å²) in [6.45, 7) is 3.35. The van der Waals surface area contributed by atoms with Crippen LogP contribution in [0.2, 0.25) is 5.02 Å². The summed E-state index contributed by atoms with van der Waals surface area (Å²) in [6, 6.07) is 5.26. The highest BCUT2D eigenvalue weighted by Gasteiger charge is 2.27. The van der Waals surface area contributed by atoms with Gasteiger partial charge in [0, 0.05) is 16.3 Å². The molecule has 0 saturated carbocycles. The van der Waals surface area contributed by atoms with Crippen molar-refractivity contribution in [3.63, 3.8) is 0 Å². The number of carbonyl (C=O) groups is 1. The normalized spacial score (nSPS) is 11.4. The van der Waals surface area contributed by atoms with Crippen LogP contribution >= 0.6 is 23.4 Å². The van der Waals surface area contributed by atoms with Gasteiger partial charge in [-0.1, -0.05) is 17.7 Å². The number of aliphatic carboxylic acids is 1. The molecule has 3 N–H and O–H groups in total. The zero-order valence-corrected chi connectivity index (χ0v) is 10.7. The zero-order chi connectivity index (χ0) is 12.3. The van der Waals surface area contributed by atoms with E-state index in [1.807, 2.05) is 0 Å². The molecule has 1 aromatic carbocycles. The molecular formula is C11H14ClNO2S. The lowest BCUT2D eigenvalue weighted by molar-refractivity contribution is -0.145. The van der Waals surface area contributed by atoms with E-state index in [9.17, 15) is 4.79 Å². The maximum absolute atomic E-state index is 10.9. The topological polar surface area (TPSA) is 63.3 Å². The number of halogens is 1. The summed E-state index contributed by atoms with van der Waals surface area (Å²) in [5.41, 5.74) is 5.56. The molecule has 0 radical (unpaired) electrons. The average Bonchev–Trinajstić information content (AvgIpc) is 2.16. The minimum Gasteiger partial charge on any atom is -0.481 e.